The zero-order valence-electron chi connectivity index (χ0n) is 13.9. The maximum atomic E-state index is 3.44. The molecule has 0 radical (unpaired) electrons. The number of benzene rings is 2. The average molecular weight is 324 g/mol. The summed E-state index contributed by atoms with van der Waals surface area (Å²) in [5.41, 5.74) is 2.64. The van der Waals surface area contributed by atoms with E-state index in [2.05, 4.69) is 94.4 Å². The van der Waals surface area contributed by atoms with Crippen molar-refractivity contribution in [1.82, 2.24) is 0 Å². The van der Waals surface area contributed by atoms with Gasteiger partial charge in [-0.2, -0.15) is 52.9 Å². The summed E-state index contributed by atoms with van der Waals surface area (Å²) >= 11 is 0. The molecule has 0 heterocycles. The summed E-state index contributed by atoms with van der Waals surface area (Å²) in [6, 6.07) is 24.5. The zero-order chi connectivity index (χ0) is 15.2. The van der Waals surface area contributed by atoms with E-state index in [0.29, 0.717) is 11.8 Å². The summed E-state index contributed by atoms with van der Waals surface area (Å²) in [6.07, 6.45) is 0. The maximum absolute atomic E-state index is 3.44. The fraction of sp³-hybridized carbons (Fsp3) is 0.286. The van der Waals surface area contributed by atoms with Gasteiger partial charge in [-0.3, -0.25) is 0 Å². The average Bonchev–Trinajstić information content (AvgIpc) is 2.96. The number of hydrogen-bond donors (Lipinski definition) is 0. The number of hydrogen-bond acceptors (Lipinski definition) is 0. The Morgan fingerprint density at radius 2 is 1.36 bits per heavy atom. The van der Waals surface area contributed by atoms with Crippen LogP contribution in [0.1, 0.15) is 50.7 Å². The van der Waals surface area contributed by atoms with E-state index in [1.165, 1.54) is 21.9 Å². The first-order valence-electron chi connectivity index (χ1n) is 7.70. The van der Waals surface area contributed by atoms with E-state index in [1.807, 2.05) is 0 Å². The van der Waals surface area contributed by atoms with Crippen molar-refractivity contribution in [1.29, 1.82) is 0 Å². The van der Waals surface area contributed by atoms with Gasteiger partial charge in [0.15, 0.2) is 0 Å². The van der Waals surface area contributed by atoms with Crippen molar-refractivity contribution >= 4 is 10.8 Å². The molecule has 0 unspecified atom stereocenters. The minimum atomic E-state index is 0. The molecule has 0 fully saturated rings. The van der Waals surface area contributed by atoms with Gasteiger partial charge < -0.3 is 0 Å². The molecular weight excluding hydrogens is 300 g/mol. The van der Waals surface area contributed by atoms with E-state index in [9.17, 15) is 0 Å². The smallest absolute Gasteiger partial charge is 0.176 e. The molecule has 0 aliphatic rings. The molecular formula is C21H24Ti. The van der Waals surface area contributed by atoms with Crippen molar-refractivity contribution in [3.05, 3.63) is 77.9 Å². The topological polar surface area (TPSA) is 0 Å². The Morgan fingerprint density at radius 1 is 0.773 bits per heavy atom. The Morgan fingerprint density at radius 3 is 1.91 bits per heavy atom. The molecule has 3 aromatic rings. The summed E-state index contributed by atoms with van der Waals surface area (Å²) in [5, 5.41) is 2.66. The largest absolute Gasteiger partial charge is 2.00 e. The molecule has 3 aromatic carbocycles. The van der Waals surface area contributed by atoms with Gasteiger partial charge in [0, 0.05) is 0 Å². The molecule has 0 atom stereocenters. The fourth-order valence-electron chi connectivity index (χ4n) is 2.25. The second kappa shape index (κ2) is 9.03. The molecule has 0 aliphatic carbocycles. The number of fused-ring (bicyclic) bond motifs is 1. The summed E-state index contributed by atoms with van der Waals surface area (Å²) < 4.78 is 0. The quantitative estimate of drug-likeness (QED) is 0.384. The van der Waals surface area contributed by atoms with Gasteiger partial charge in [0.1, 0.15) is 0 Å². The molecule has 112 valence electrons. The minimum Gasteiger partial charge on any atom is -0.176 e. The van der Waals surface area contributed by atoms with Gasteiger partial charge in [0.25, 0.3) is 0 Å². The Balaban J connectivity index is 0.000000217. The van der Waals surface area contributed by atoms with Crippen LogP contribution in [0.2, 0.25) is 0 Å². The second-order valence-corrected chi connectivity index (χ2v) is 6.03. The monoisotopic (exact) mass is 324 g/mol. The third kappa shape index (κ3) is 5.19. The molecule has 0 saturated carbocycles. The van der Waals surface area contributed by atoms with Crippen LogP contribution in [0.5, 0.6) is 0 Å². The molecule has 0 amide bonds. The molecule has 0 spiro atoms. The van der Waals surface area contributed by atoms with Crippen LogP contribution in [0, 0.1) is 6.07 Å². The molecule has 0 aromatic heterocycles. The van der Waals surface area contributed by atoms with Gasteiger partial charge in [-0.1, -0.05) is 33.8 Å². The summed E-state index contributed by atoms with van der Waals surface area (Å²) in [4.78, 5) is 0. The van der Waals surface area contributed by atoms with Gasteiger partial charge in [-0.05, 0) is 11.8 Å². The van der Waals surface area contributed by atoms with Gasteiger partial charge in [-0.15, -0.1) is 29.7 Å². The molecule has 0 saturated heterocycles. The molecule has 0 N–H and O–H groups in total. The van der Waals surface area contributed by atoms with Crippen molar-refractivity contribution in [2.24, 2.45) is 0 Å². The van der Waals surface area contributed by atoms with Crippen molar-refractivity contribution in [2.45, 2.75) is 39.5 Å². The van der Waals surface area contributed by atoms with Crippen molar-refractivity contribution in [3.63, 3.8) is 0 Å². The van der Waals surface area contributed by atoms with E-state index in [0.717, 1.165) is 0 Å². The first-order valence-corrected chi connectivity index (χ1v) is 7.70. The van der Waals surface area contributed by atoms with Crippen LogP contribution in [0.15, 0.2) is 60.7 Å². The van der Waals surface area contributed by atoms with Crippen LogP contribution < -0.4 is 0 Å². The van der Waals surface area contributed by atoms with Crippen LogP contribution in [-0.4, -0.2) is 0 Å². The summed E-state index contributed by atoms with van der Waals surface area (Å²) in [7, 11) is 0. The molecule has 0 aliphatic heterocycles. The summed E-state index contributed by atoms with van der Waals surface area (Å²) in [5.74, 6) is 1.17. The Hall–Kier alpha value is -1.24. The van der Waals surface area contributed by atoms with E-state index in [-0.39, 0.29) is 21.7 Å². The molecule has 0 nitrogen and oxygen atoms in total. The Kier molecular flexibility index (Phi) is 7.72. The Labute approximate surface area is 149 Å². The Bertz CT molecular complexity index is 623. The molecule has 3 rings (SSSR count). The van der Waals surface area contributed by atoms with E-state index >= 15 is 0 Å². The predicted octanol–water partition coefficient (Wildman–Crippen LogP) is 6.29. The second-order valence-electron chi connectivity index (χ2n) is 6.03. The fourth-order valence-corrected chi connectivity index (χ4v) is 2.25. The van der Waals surface area contributed by atoms with Gasteiger partial charge in [-0.25, -0.2) is 0 Å². The first-order chi connectivity index (χ1) is 10.1. The first kappa shape index (κ1) is 18.8. The molecule has 1 heteroatoms. The van der Waals surface area contributed by atoms with Gasteiger partial charge >= 0.3 is 21.7 Å². The van der Waals surface area contributed by atoms with Crippen LogP contribution in [0.3, 0.4) is 0 Å². The van der Waals surface area contributed by atoms with E-state index < -0.39 is 0 Å². The van der Waals surface area contributed by atoms with Crippen molar-refractivity contribution in [3.8, 4) is 0 Å². The van der Waals surface area contributed by atoms with E-state index in [4.69, 9.17) is 0 Å². The van der Waals surface area contributed by atoms with E-state index in [1.54, 1.807) is 0 Å². The third-order valence-corrected chi connectivity index (χ3v) is 3.63. The van der Waals surface area contributed by atoms with Gasteiger partial charge in [0.2, 0.25) is 0 Å². The molecule has 0 bridgehead atoms. The zero-order valence-corrected chi connectivity index (χ0v) is 15.5. The standard InChI is InChI=1S/C12H17.C9H7.Ti/c1-9(2)11-6-5-7-12(8-11)10(3)4;1-2-5-9-7-3-6-8(9)4-1;/h5-7,9-10H,1-4H3;1-7H;/q2*-1;+2. The number of rotatable bonds is 2. The van der Waals surface area contributed by atoms with Crippen LogP contribution >= 0.6 is 0 Å². The van der Waals surface area contributed by atoms with Crippen molar-refractivity contribution in [2.75, 3.05) is 0 Å². The van der Waals surface area contributed by atoms with Gasteiger partial charge in [0.05, 0.1) is 0 Å². The molecule has 22 heavy (non-hydrogen) atoms. The summed E-state index contributed by atoms with van der Waals surface area (Å²) in [6.45, 7) is 8.82. The SMILES string of the molecule is CC(C)c1[c-]c(C(C)C)ccc1.[Ti+2].c1ccc2[cH-]ccc2c1. The van der Waals surface area contributed by atoms with Crippen LogP contribution in [-0.2, 0) is 21.7 Å². The third-order valence-electron chi connectivity index (χ3n) is 3.63. The van der Waals surface area contributed by atoms with Crippen LogP contribution in [0.4, 0.5) is 0 Å². The van der Waals surface area contributed by atoms with Crippen molar-refractivity contribution < 1.29 is 21.7 Å². The predicted molar refractivity (Wildman–Crippen MR) is 93.0 cm³/mol. The normalized spacial score (nSPS) is 10.3. The minimum absolute atomic E-state index is 0. The maximum Gasteiger partial charge on any atom is 2.00 e. The van der Waals surface area contributed by atoms with Crippen LogP contribution in [0.25, 0.3) is 10.8 Å².